The number of para-hydroxylation sites is 1. The van der Waals surface area contributed by atoms with Gasteiger partial charge in [0.05, 0.1) is 15.9 Å². The highest BCUT2D eigenvalue weighted by Crippen LogP contribution is 2.36. The molecule has 3 rings (SSSR count). The number of nitrogens with zero attached hydrogens (tertiary/aromatic N) is 1. The van der Waals surface area contributed by atoms with Crippen LogP contribution in [0, 0.1) is 10.1 Å². The number of hydrogen-bond acceptors (Lipinski definition) is 6. The highest BCUT2D eigenvalue weighted by atomic mass is 16.6. The van der Waals surface area contributed by atoms with Crippen molar-refractivity contribution in [1.82, 2.24) is 0 Å². The van der Waals surface area contributed by atoms with Crippen LogP contribution in [0.5, 0.6) is 5.75 Å². The van der Waals surface area contributed by atoms with Crippen LogP contribution >= 0.6 is 0 Å². The fraction of sp³-hybridized carbons (Fsp3) is 0.200. The van der Waals surface area contributed by atoms with Crippen molar-refractivity contribution in [2.24, 2.45) is 0 Å². The molecule has 0 radical (unpaired) electrons. The van der Waals surface area contributed by atoms with Gasteiger partial charge in [0.1, 0.15) is 17.1 Å². The van der Waals surface area contributed by atoms with Crippen LogP contribution in [-0.2, 0) is 4.79 Å². The summed E-state index contributed by atoms with van der Waals surface area (Å²) in [5, 5.41) is 22.0. The van der Waals surface area contributed by atoms with Crippen molar-refractivity contribution >= 4 is 22.4 Å². The van der Waals surface area contributed by atoms with Crippen LogP contribution in [0.2, 0.25) is 0 Å². The van der Waals surface area contributed by atoms with Crippen LogP contribution in [0.4, 0.5) is 5.69 Å². The van der Waals surface area contributed by atoms with E-state index < -0.39 is 16.5 Å². The monoisotopic (exact) mass is 367 g/mol. The summed E-state index contributed by atoms with van der Waals surface area (Å²) in [7, 11) is 0. The van der Waals surface area contributed by atoms with Gasteiger partial charge in [-0.15, -0.1) is 0 Å². The highest BCUT2D eigenvalue weighted by Gasteiger charge is 2.27. The van der Waals surface area contributed by atoms with Gasteiger partial charge in [-0.2, -0.15) is 0 Å². The molecule has 1 heterocycles. The minimum absolute atomic E-state index is 0.0228. The van der Waals surface area contributed by atoms with E-state index in [2.05, 4.69) is 0 Å². The second-order valence-corrected chi connectivity index (χ2v) is 6.15. The first-order chi connectivity index (χ1) is 12.9. The minimum atomic E-state index is -0.765. The normalized spacial score (nSPS) is 12.0. The van der Waals surface area contributed by atoms with E-state index in [1.165, 1.54) is 24.3 Å². The lowest BCUT2D eigenvalue weighted by Gasteiger charge is -2.17. The van der Waals surface area contributed by atoms with E-state index in [-0.39, 0.29) is 41.2 Å². The predicted octanol–water partition coefficient (Wildman–Crippen LogP) is 3.91. The lowest BCUT2D eigenvalue weighted by atomic mass is 9.86. The van der Waals surface area contributed by atoms with Gasteiger partial charge in [-0.05, 0) is 17.7 Å². The van der Waals surface area contributed by atoms with Crippen molar-refractivity contribution in [3.8, 4) is 5.75 Å². The number of non-ortho nitro benzene ring substituents is 1. The van der Waals surface area contributed by atoms with Crippen LogP contribution in [0.25, 0.3) is 11.0 Å². The van der Waals surface area contributed by atoms with E-state index >= 15 is 0 Å². The summed E-state index contributed by atoms with van der Waals surface area (Å²) in [4.78, 5) is 35.0. The molecule has 0 saturated carbocycles. The fourth-order valence-electron chi connectivity index (χ4n) is 3.04. The first-order valence-corrected chi connectivity index (χ1v) is 8.43. The number of aromatic hydroxyl groups is 1. The van der Waals surface area contributed by atoms with Crippen LogP contribution in [0.15, 0.2) is 57.7 Å². The molecule has 0 spiro atoms. The molecule has 0 fully saturated rings. The molecule has 0 aliphatic heterocycles. The van der Waals surface area contributed by atoms with E-state index in [9.17, 15) is 24.8 Å². The van der Waals surface area contributed by atoms with Crippen LogP contribution < -0.4 is 5.63 Å². The van der Waals surface area contributed by atoms with E-state index in [0.29, 0.717) is 10.9 Å². The second-order valence-electron chi connectivity index (χ2n) is 6.15. The van der Waals surface area contributed by atoms with Gasteiger partial charge in [-0.25, -0.2) is 4.79 Å². The quantitative estimate of drug-likeness (QED) is 0.402. The molecule has 1 N–H and O–H groups in total. The van der Waals surface area contributed by atoms with Gasteiger partial charge in [-0.3, -0.25) is 14.9 Å². The molecule has 2 aromatic carbocycles. The summed E-state index contributed by atoms with van der Waals surface area (Å²) >= 11 is 0. The van der Waals surface area contributed by atoms with Gasteiger partial charge in [0.25, 0.3) is 5.69 Å². The summed E-state index contributed by atoms with van der Waals surface area (Å²) < 4.78 is 5.32. The number of carbonyl (C=O) groups is 1. The van der Waals surface area contributed by atoms with Crippen LogP contribution in [0.3, 0.4) is 0 Å². The van der Waals surface area contributed by atoms with Gasteiger partial charge >= 0.3 is 5.63 Å². The molecule has 1 aromatic heterocycles. The predicted molar refractivity (Wildman–Crippen MR) is 99.0 cm³/mol. The van der Waals surface area contributed by atoms with Gasteiger partial charge in [0, 0.05) is 30.9 Å². The number of nitro groups is 1. The average Bonchev–Trinajstić information content (AvgIpc) is 2.67. The Labute approximate surface area is 154 Å². The van der Waals surface area contributed by atoms with E-state index in [1.807, 2.05) is 0 Å². The molecule has 0 aliphatic rings. The Morgan fingerprint density at radius 1 is 1.19 bits per heavy atom. The standard InChI is InChI=1S/C20H17NO6/c1-2-14(22)11-16(12-7-9-13(10-8-12)21(25)26)18-19(23)15-5-3-4-6-17(15)27-20(18)24/h3-10,16,23H,2,11H2,1H3/t16-/m0/s1. The molecule has 0 saturated heterocycles. The summed E-state index contributed by atoms with van der Waals surface area (Å²) in [6.07, 6.45) is 0.244. The third-order valence-electron chi connectivity index (χ3n) is 4.50. The molecule has 1 atom stereocenters. The van der Waals surface area contributed by atoms with Crippen LogP contribution in [-0.4, -0.2) is 15.8 Å². The lowest BCUT2D eigenvalue weighted by molar-refractivity contribution is -0.384. The van der Waals surface area contributed by atoms with Crippen molar-refractivity contribution in [2.75, 3.05) is 0 Å². The van der Waals surface area contributed by atoms with Gasteiger partial charge in [0.15, 0.2) is 0 Å². The first kappa shape index (κ1) is 18.3. The van der Waals surface area contributed by atoms with Gasteiger partial charge in [-0.1, -0.05) is 31.2 Å². The second kappa shape index (κ2) is 7.41. The van der Waals surface area contributed by atoms with Crippen molar-refractivity contribution < 1.29 is 19.2 Å². The molecular formula is C20H17NO6. The Balaban J connectivity index is 2.19. The lowest BCUT2D eigenvalue weighted by Crippen LogP contribution is -2.17. The molecular weight excluding hydrogens is 350 g/mol. The zero-order valence-electron chi connectivity index (χ0n) is 14.5. The molecule has 3 aromatic rings. The number of carbonyl (C=O) groups excluding carboxylic acids is 1. The molecule has 0 unspecified atom stereocenters. The largest absolute Gasteiger partial charge is 0.507 e. The Kier molecular flexibility index (Phi) is 5.03. The van der Waals surface area contributed by atoms with Crippen molar-refractivity contribution in [2.45, 2.75) is 25.7 Å². The molecule has 0 bridgehead atoms. The molecule has 0 aliphatic carbocycles. The number of nitro benzene ring substituents is 1. The van der Waals surface area contributed by atoms with Crippen molar-refractivity contribution in [1.29, 1.82) is 0 Å². The van der Waals surface area contributed by atoms with E-state index in [0.717, 1.165) is 0 Å². The summed E-state index contributed by atoms with van der Waals surface area (Å²) in [5.74, 6) is -1.11. The van der Waals surface area contributed by atoms with Crippen LogP contribution in [0.1, 0.15) is 36.8 Å². The fourth-order valence-corrected chi connectivity index (χ4v) is 3.04. The average molecular weight is 367 g/mol. The Morgan fingerprint density at radius 3 is 2.48 bits per heavy atom. The Hall–Kier alpha value is -3.48. The molecule has 7 heteroatoms. The number of Topliss-reactive ketones (excluding diaryl/α,β-unsaturated/α-hetero) is 1. The third-order valence-corrected chi connectivity index (χ3v) is 4.50. The number of benzene rings is 2. The third kappa shape index (κ3) is 3.57. The Bertz CT molecular complexity index is 1070. The van der Waals surface area contributed by atoms with Gasteiger partial charge < -0.3 is 9.52 Å². The molecule has 27 heavy (non-hydrogen) atoms. The molecule has 138 valence electrons. The first-order valence-electron chi connectivity index (χ1n) is 8.43. The SMILES string of the molecule is CCC(=O)C[C@@H](c1ccc([N+](=O)[O-])cc1)c1c(O)c2ccccc2oc1=O. The Morgan fingerprint density at radius 2 is 1.85 bits per heavy atom. The van der Waals surface area contributed by atoms with Crippen molar-refractivity contribution in [3.63, 3.8) is 0 Å². The zero-order valence-corrected chi connectivity index (χ0v) is 14.5. The summed E-state index contributed by atoms with van der Waals surface area (Å²) in [6, 6.07) is 12.1. The smallest absolute Gasteiger partial charge is 0.343 e. The zero-order chi connectivity index (χ0) is 19.6. The summed E-state index contributed by atoms with van der Waals surface area (Å²) in [5.41, 5.74) is -0.106. The minimum Gasteiger partial charge on any atom is -0.507 e. The van der Waals surface area contributed by atoms with Gasteiger partial charge in [0.2, 0.25) is 0 Å². The maximum Gasteiger partial charge on any atom is 0.343 e. The number of rotatable bonds is 6. The maximum absolute atomic E-state index is 12.6. The highest BCUT2D eigenvalue weighted by molar-refractivity contribution is 5.85. The van der Waals surface area contributed by atoms with E-state index in [4.69, 9.17) is 4.42 Å². The number of hydrogen-bond donors (Lipinski definition) is 1. The number of fused-ring (bicyclic) bond motifs is 1. The number of ketones is 1. The van der Waals surface area contributed by atoms with Crippen molar-refractivity contribution in [3.05, 3.63) is 80.2 Å². The molecule has 0 amide bonds. The molecule has 7 nitrogen and oxygen atoms in total. The van der Waals surface area contributed by atoms with E-state index in [1.54, 1.807) is 31.2 Å². The maximum atomic E-state index is 12.6. The summed E-state index contributed by atoms with van der Waals surface area (Å²) in [6.45, 7) is 1.71. The topological polar surface area (TPSA) is 111 Å².